The van der Waals surface area contributed by atoms with Gasteiger partial charge in [-0.25, -0.2) is 14.4 Å². The summed E-state index contributed by atoms with van der Waals surface area (Å²) in [5.41, 5.74) is 2.11. The molecule has 3 aromatic rings. The summed E-state index contributed by atoms with van der Waals surface area (Å²) in [6, 6.07) is 4.80. The molecule has 4 nitrogen and oxygen atoms in total. The number of hydrogen-bond donors (Lipinski definition) is 0. The Morgan fingerprint density at radius 1 is 1.39 bits per heavy atom. The molecule has 89 valence electrons. The number of hydrogen-bond acceptors (Lipinski definition) is 3. The molecule has 3 rings (SSSR count). The third kappa shape index (κ3) is 1.60. The number of ether oxygens (including phenoxy) is 1. The largest absolute Gasteiger partial charge is 0.494 e. The minimum absolute atomic E-state index is 0.223. The standard InChI is InChI=1S/C13H9FN3O/c1-18-12-3-2-9(6-10(12)14)11-7-16-13-8-15-4-5-17(11)13/h2-7H,1H3. The number of benzene rings is 1. The molecular weight excluding hydrogens is 233 g/mol. The highest BCUT2D eigenvalue weighted by atomic mass is 19.1. The summed E-state index contributed by atoms with van der Waals surface area (Å²) >= 11 is 0. The van der Waals surface area contributed by atoms with Crippen LogP contribution in [0.3, 0.4) is 0 Å². The predicted molar refractivity (Wildman–Crippen MR) is 63.8 cm³/mol. The number of halogens is 1. The van der Waals surface area contributed by atoms with Crippen molar-refractivity contribution in [2.24, 2.45) is 0 Å². The van der Waals surface area contributed by atoms with E-state index >= 15 is 0 Å². The monoisotopic (exact) mass is 242 g/mol. The Bertz CT molecular complexity index is 708. The molecule has 1 radical (unpaired) electrons. The quantitative estimate of drug-likeness (QED) is 0.692. The van der Waals surface area contributed by atoms with Gasteiger partial charge in [-0.1, -0.05) is 0 Å². The van der Waals surface area contributed by atoms with Crippen LogP contribution in [0.1, 0.15) is 0 Å². The molecule has 0 amide bonds. The number of nitrogens with zero attached hydrogens (tertiary/aromatic N) is 3. The Morgan fingerprint density at radius 2 is 2.28 bits per heavy atom. The molecule has 1 aromatic carbocycles. The van der Waals surface area contributed by atoms with E-state index in [2.05, 4.69) is 16.2 Å². The molecule has 0 unspecified atom stereocenters. The number of rotatable bonds is 2. The van der Waals surface area contributed by atoms with E-state index in [0.29, 0.717) is 5.65 Å². The lowest BCUT2D eigenvalue weighted by Crippen LogP contribution is -1.91. The average molecular weight is 242 g/mol. The highest BCUT2D eigenvalue weighted by molar-refractivity contribution is 5.64. The molecular formula is C13H9FN3O. The summed E-state index contributed by atoms with van der Waals surface area (Å²) in [6.45, 7) is 0. The summed E-state index contributed by atoms with van der Waals surface area (Å²) in [7, 11) is 1.44. The molecule has 0 aliphatic rings. The smallest absolute Gasteiger partial charge is 0.165 e. The number of methoxy groups -OCH3 is 1. The van der Waals surface area contributed by atoms with Crippen LogP contribution in [0.4, 0.5) is 4.39 Å². The van der Waals surface area contributed by atoms with Gasteiger partial charge in [0.25, 0.3) is 0 Å². The van der Waals surface area contributed by atoms with Gasteiger partial charge in [-0.05, 0) is 18.2 Å². The highest BCUT2D eigenvalue weighted by Gasteiger charge is 2.09. The van der Waals surface area contributed by atoms with Gasteiger partial charge in [-0.2, -0.15) is 0 Å². The maximum absolute atomic E-state index is 13.7. The lowest BCUT2D eigenvalue weighted by Gasteiger charge is -2.05. The van der Waals surface area contributed by atoms with Crippen molar-refractivity contribution in [3.63, 3.8) is 0 Å². The SMILES string of the molecule is COc1ccc(-c2cnc3[c]nccn23)cc1F. The fourth-order valence-electron chi connectivity index (χ4n) is 1.83. The van der Waals surface area contributed by atoms with Crippen LogP contribution in [0.2, 0.25) is 0 Å². The maximum atomic E-state index is 13.7. The fraction of sp³-hybridized carbons (Fsp3) is 0.0769. The first kappa shape index (κ1) is 10.7. The Balaban J connectivity index is 2.17. The third-order valence-corrected chi connectivity index (χ3v) is 2.70. The van der Waals surface area contributed by atoms with Crippen LogP contribution in [0.15, 0.2) is 36.8 Å². The molecule has 0 fully saturated rings. The van der Waals surface area contributed by atoms with E-state index in [4.69, 9.17) is 4.74 Å². The number of fused-ring (bicyclic) bond motifs is 1. The first-order valence-corrected chi connectivity index (χ1v) is 5.33. The Morgan fingerprint density at radius 3 is 3.06 bits per heavy atom. The zero-order valence-electron chi connectivity index (χ0n) is 9.59. The number of imidazole rings is 1. The van der Waals surface area contributed by atoms with E-state index in [9.17, 15) is 4.39 Å². The van der Waals surface area contributed by atoms with Crippen molar-refractivity contribution in [2.75, 3.05) is 7.11 Å². The lowest BCUT2D eigenvalue weighted by molar-refractivity contribution is 0.386. The van der Waals surface area contributed by atoms with E-state index in [-0.39, 0.29) is 5.75 Å². The van der Waals surface area contributed by atoms with Gasteiger partial charge in [0.2, 0.25) is 0 Å². The van der Waals surface area contributed by atoms with Gasteiger partial charge < -0.3 is 4.74 Å². The van der Waals surface area contributed by atoms with Crippen molar-refractivity contribution < 1.29 is 9.13 Å². The summed E-state index contributed by atoms with van der Waals surface area (Å²) < 4.78 is 20.4. The van der Waals surface area contributed by atoms with E-state index < -0.39 is 5.82 Å². The Labute approximate surface area is 103 Å². The summed E-state index contributed by atoms with van der Waals surface area (Å²) in [5.74, 6) is -0.177. The molecule has 0 saturated heterocycles. The molecule has 0 saturated carbocycles. The third-order valence-electron chi connectivity index (χ3n) is 2.70. The van der Waals surface area contributed by atoms with Crippen LogP contribution in [0.5, 0.6) is 5.75 Å². The summed E-state index contributed by atoms with van der Waals surface area (Å²) in [6.07, 6.45) is 7.79. The summed E-state index contributed by atoms with van der Waals surface area (Å²) in [5, 5.41) is 0. The van der Waals surface area contributed by atoms with Crippen LogP contribution < -0.4 is 4.74 Å². The highest BCUT2D eigenvalue weighted by Crippen LogP contribution is 2.25. The van der Waals surface area contributed by atoms with Gasteiger partial charge >= 0.3 is 0 Å². The second kappa shape index (κ2) is 4.10. The van der Waals surface area contributed by atoms with Gasteiger partial charge in [0, 0.05) is 18.0 Å². The maximum Gasteiger partial charge on any atom is 0.165 e. The molecule has 0 N–H and O–H groups in total. The zero-order chi connectivity index (χ0) is 12.5. The Hall–Kier alpha value is -2.43. The van der Waals surface area contributed by atoms with E-state index in [0.717, 1.165) is 11.3 Å². The average Bonchev–Trinajstić information content (AvgIpc) is 2.82. The predicted octanol–water partition coefficient (Wildman–Crippen LogP) is 2.34. The molecule has 18 heavy (non-hydrogen) atoms. The van der Waals surface area contributed by atoms with Gasteiger partial charge in [-0.15, -0.1) is 0 Å². The van der Waals surface area contributed by atoms with Crippen LogP contribution in [0.25, 0.3) is 16.9 Å². The molecule has 0 atom stereocenters. The van der Waals surface area contributed by atoms with Crippen LogP contribution in [-0.4, -0.2) is 21.5 Å². The molecule has 0 spiro atoms. The molecule has 0 aliphatic heterocycles. The fourth-order valence-corrected chi connectivity index (χ4v) is 1.83. The van der Waals surface area contributed by atoms with Crippen LogP contribution >= 0.6 is 0 Å². The molecule has 0 bridgehead atoms. The van der Waals surface area contributed by atoms with Crippen molar-refractivity contribution in [1.82, 2.24) is 14.4 Å². The first-order chi connectivity index (χ1) is 8.79. The van der Waals surface area contributed by atoms with Crippen LogP contribution in [-0.2, 0) is 0 Å². The lowest BCUT2D eigenvalue weighted by atomic mass is 10.1. The minimum atomic E-state index is -0.400. The van der Waals surface area contributed by atoms with E-state index in [1.54, 1.807) is 35.1 Å². The Kier molecular flexibility index (Phi) is 2.44. The topological polar surface area (TPSA) is 39.4 Å². The normalized spacial score (nSPS) is 10.8. The van der Waals surface area contributed by atoms with E-state index in [1.165, 1.54) is 13.2 Å². The van der Waals surface area contributed by atoms with E-state index in [1.807, 2.05) is 0 Å². The van der Waals surface area contributed by atoms with Gasteiger partial charge in [0.15, 0.2) is 17.2 Å². The van der Waals surface area contributed by atoms with Crippen molar-refractivity contribution in [1.29, 1.82) is 0 Å². The van der Waals surface area contributed by atoms with Crippen molar-refractivity contribution in [3.05, 3.63) is 48.8 Å². The molecule has 0 aliphatic carbocycles. The van der Waals surface area contributed by atoms with Crippen molar-refractivity contribution >= 4 is 5.65 Å². The van der Waals surface area contributed by atoms with Crippen molar-refractivity contribution in [2.45, 2.75) is 0 Å². The van der Waals surface area contributed by atoms with Gasteiger partial charge in [-0.3, -0.25) is 4.40 Å². The zero-order valence-corrected chi connectivity index (χ0v) is 9.59. The second-order valence-electron chi connectivity index (χ2n) is 3.73. The second-order valence-corrected chi connectivity index (χ2v) is 3.73. The van der Waals surface area contributed by atoms with Crippen molar-refractivity contribution in [3.8, 4) is 17.0 Å². The molecule has 2 heterocycles. The molecule has 5 heteroatoms. The van der Waals surface area contributed by atoms with Gasteiger partial charge in [0.05, 0.1) is 19.0 Å². The minimum Gasteiger partial charge on any atom is -0.494 e. The first-order valence-electron chi connectivity index (χ1n) is 5.33. The summed E-state index contributed by atoms with van der Waals surface area (Å²) in [4.78, 5) is 8.02. The number of aromatic nitrogens is 3. The van der Waals surface area contributed by atoms with Gasteiger partial charge in [0.1, 0.15) is 6.20 Å². The van der Waals surface area contributed by atoms with Crippen LogP contribution in [0, 0.1) is 12.0 Å². The molecule has 2 aromatic heterocycles.